The number of fused-ring (bicyclic) bond motifs is 3. The number of aromatic hydroxyl groups is 1. The highest BCUT2D eigenvalue weighted by atomic mass is 16.3. The van der Waals surface area contributed by atoms with Gasteiger partial charge in [-0.25, -0.2) is 15.0 Å². The molecule has 0 saturated heterocycles. The van der Waals surface area contributed by atoms with Gasteiger partial charge in [-0.1, -0.05) is 18.7 Å². The van der Waals surface area contributed by atoms with Gasteiger partial charge < -0.3 is 10.8 Å². The molecule has 0 fully saturated rings. The van der Waals surface area contributed by atoms with Crippen molar-refractivity contribution in [2.75, 3.05) is 5.73 Å². The summed E-state index contributed by atoms with van der Waals surface area (Å²) in [6.45, 7) is 9.68. The molecule has 4 aromatic rings. The van der Waals surface area contributed by atoms with Gasteiger partial charge in [0.2, 0.25) is 0 Å². The lowest BCUT2D eigenvalue weighted by atomic mass is 10.1. The van der Waals surface area contributed by atoms with Crippen molar-refractivity contribution in [2.45, 2.75) is 20.8 Å². The maximum absolute atomic E-state index is 10.3. The molecule has 4 rings (SSSR count). The SMILES string of the molecule is C=Cc1cc2c3c(N)ncnc3n(-c3c(C)ccc(O)c3C)c2nc1C. The summed E-state index contributed by atoms with van der Waals surface area (Å²) in [5.74, 6) is 0.622. The Kier molecular flexibility index (Phi) is 3.44. The lowest BCUT2D eigenvalue weighted by Crippen LogP contribution is -2.03. The summed E-state index contributed by atoms with van der Waals surface area (Å²) in [5.41, 5.74) is 12.0. The molecule has 0 radical (unpaired) electrons. The van der Waals surface area contributed by atoms with Gasteiger partial charge in [0.1, 0.15) is 23.5 Å². The van der Waals surface area contributed by atoms with Crippen LogP contribution in [0.15, 0.2) is 31.1 Å². The molecule has 3 N–H and O–H groups in total. The second-order valence-electron chi connectivity index (χ2n) is 6.41. The van der Waals surface area contributed by atoms with Crippen LogP contribution in [0.4, 0.5) is 5.82 Å². The zero-order valence-corrected chi connectivity index (χ0v) is 14.9. The van der Waals surface area contributed by atoms with Crippen molar-refractivity contribution < 1.29 is 5.11 Å². The summed E-state index contributed by atoms with van der Waals surface area (Å²) in [6, 6.07) is 5.58. The van der Waals surface area contributed by atoms with Crippen LogP contribution in [0.3, 0.4) is 0 Å². The van der Waals surface area contributed by atoms with Gasteiger partial charge in [-0.15, -0.1) is 0 Å². The molecule has 0 atom stereocenters. The summed E-state index contributed by atoms with van der Waals surface area (Å²) in [4.78, 5) is 13.4. The van der Waals surface area contributed by atoms with Crippen LogP contribution in [0.2, 0.25) is 0 Å². The minimum absolute atomic E-state index is 0.224. The normalized spacial score (nSPS) is 11.3. The van der Waals surface area contributed by atoms with Crippen LogP contribution in [-0.2, 0) is 0 Å². The number of phenolic OH excluding ortho intramolecular Hbond substituents is 1. The molecule has 0 saturated carbocycles. The molecule has 0 amide bonds. The maximum Gasteiger partial charge on any atom is 0.152 e. The van der Waals surface area contributed by atoms with Gasteiger partial charge in [0.25, 0.3) is 0 Å². The molecule has 130 valence electrons. The van der Waals surface area contributed by atoms with Gasteiger partial charge in [0.15, 0.2) is 5.65 Å². The Morgan fingerprint density at radius 1 is 1.15 bits per heavy atom. The van der Waals surface area contributed by atoms with E-state index in [1.54, 1.807) is 12.1 Å². The Morgan fingerprint density at radius 2 is 1.92 bits per heavy atom. The third-order valence-electron chi connectivity index (χ3n) is 4.83. The fourth-order valence-corrected chi connectivity index (χ4v) is 3.47. The Labute approximate surface area is 150 Å². The number of nitrogens with two attached hydrogens (primary N) is 1. The highest BCUT2D eigenvalue weighted by Gasteiger charge is 2.21. The lowest BCUT2D eigenvalue weighted by molar-refractivity contribution is 0.470. The van der Waals surface area contributed by atoms with Gasteiger partial charge in [-0.2, -0.15) is 0 Å². The van der Waals surface area contributed by atoms with Crippen molar-refractivity contribution in [3.63, 3.8) is 0 Å². The number of aryl methyl sites for hydroxylation is 2. The van der Waals surface area contributed by atoms with E-state index in [9.17, 15) is 5.11 Å². The number of pyridine rings is 1. The van der Waals surface area contributed by atoms with Gasteiger partial charge in [-0.3, -0.25) is 4.57 Å². The Morgan fingerprint density at radius 3 is 2.65 bits per heavy atom. The quantitative estimate of drug-likeness (QED) is 0.576. The molecule has 0 aliphatic heterocycles. The first kappa shape index (κ1) is 16.1. The molecule has 26 heavy (non-hydrogen) atoms. The highest BCUT2D eigenvalue weighted by Crippen LogP contribution is 2.37. The van der Waals surface area contributed by atoms with Crippen molar-refractivity contribution in [1.82, 2.24) is 19.5 Å². The van der Waals surface area contributed by atoms with E-state index in [4.69, 9.17) is 10.7 Å². The van der Waals surface area contributed by atoms with Gasteiger partial charge in [0, 0.05) is 16.6 Å². The standard InChI is InChI=1S/C20H19N5O/c1-5-13-8-14-16-18(21)22-9-23-20(16)25(19(14)24-12(13)4)17-10(2)6-7-15(26)11(17)3/h5-9,26H,1H2,2-4H3,(H2,21,22,23). The van der Waals surface area contributed by atoms with Crippen LogP contribution >= 0.6 is 0 Å². The average molecular weight is 345 g/mol. The van der Waals surface area contributed by atoms with E-state index in [2.05, 4.69) is 16.5 Å². The monoisotopic (exact) mass is 345 g/mol. The minimum atomic E-state index is 0.224. The fourth-order valence-electron chi connectivity index (χ4n) is 3.47. The van der Waals surface area contributed by atoms with E-state index in [0.29, 0.717) is 11.5 Å². The summed E-state index contributed by atoms with van der Waals surface area (Å²) in [5, 5.41) is 11.9. The van der Waals surface area contributed by atoms with Crippen LogP contribution in [0.25, 0.3) is 33.8 Å². The molecular formula is C20H19N5O. The summed E-state index contributed by atoms with van der Waals surface area (Å²) in [7, 11) is 0. The number of phenols is 1. The van der Waals surface area contributed by atoms with Crippen LogP contribution in [0.5, 0.6) is 5.75 Å². The second kappa shape index (κ2) is 5.56. The summed E-state index contributed by atoms with van der Waals surface area (Å²) in [6.07, 6.45) is 3.22. The summed E-state index contributed by atoms with van der Waals surface area (Å²) < 4.78 is 1.95. The first-order valence-electron chi connectivity index (χ1n) is 8.28. The van der Waals surface area contributed by atoms with Gasteiger partial charge >= 0.3 is 0 Å². The van der Waals surface area contributed by atoms with Crippen LogP contribution in [-0.4, -0.2) is 24.6 Å². The van der Waals surface area contributed by atoms with E-state index < -0.39 is 0 Å². The van der Waals surface area contributed by atoms with Crippen LogP contribution in [0, 0.1) is 20.8 Å². The fraction of sp³-hybridized carbons (Fsp3) is 0.150. The molecule has 0 spiro atoms. The smallest absolute Gasteiger partial charge is 0.152 e. The number of nitrogens with zero attached hydrogens (tertiary/aromatic N) is 4. The Balaban J connectivity index is 2.30. The number of rotatable bonds is 2. The third-order valence-corrected chi connectivity index (χ3v) is 4.83. The largest absolute Gasteiger partial charge is 0.508 e. The number of hydrogen-bond donors (Lipinski definition) is 2. The van der Waals surface area contributed by atoms with Crippen molar-refractivity contribution in [2.24, 2.45) is 0 Å². The number of hydrogen-bond acceptors (Lipinski definition) is 5. The lowest BCUT2D eigenvalue weighted by Gasteiger charge is -2.14. The van der Waals surface area contributed by atoms with Crippen molar-refractivity contribution in [1.29, 1.82) is 0 Å². The average Bonchev–Trinajstić information content (AvgIpc) is 2.92. The molecule has 0 bridgehead atoms. The van der Waals surface area contributed by atoms with E-state index in [1.165, 1.54) is 6.33 Å². The molecule has 1 aromatic carbocycles. The zero-order valence-electron chi connectivity index (χ0n) is 14.9. The third kappa shape index (κ3) is 2.08. The van der Waals surface area contributed by atoms with Gasteiger partial charge in [0.05, 0.1) is 11.1 Å². The first-order chi connectivity index (χ1) is 12.4. The Bertz CT molecular complexity index is 1210. The van der Waals surface area contributed by atoms with Crippen LogP contribution in [0.1, 0.15) is 22.4 Å². The molecule has 6 nitrogen and oxygen atoms in total. The summed E-state index contributed by atoms with van der Waals surface area (Å²) >= 11 is 0. The minimum Gasteiger partial charge on any atom is -0.508 e. The van der Waals surface area contributed by atoms with E-state index >= 15 is 0 Å². The van der Waals surface area contributed by atoms with E-state index in [-0.39, 0.29) is 5.75 Å². The Hall–Kier alpha value is -3.41. The number of aromatic nitrogens is 4. The maximum atomic E-state index is 10.3. The molecule has 0 unspecified atom stereocenters. The molecule has 0 aliphatic rings. The van der Waals surface area contributed by atoms with Crippen LogP contribution < -0.4 is 5.73 Å². The predicted octanol–water partition coefficient (Wildman–Crippen LogP) is 3.82. The van der Waals surface area contributed by atoms with Crippen molar-refractivity contribution >= 4 is 34.0 Å². The number of nitrogen functional groups attached to an aromatic ring is 1. The molecular weight excluding hydrogens is 326 g/mol. The van der Waals surface area contributed by atoms with Crippen molar-refractivity contribution in [3.8, 4) is 11.4 Å². The molecule has 3 heterocycles. The molecule has 0 aliphatic carbocycles. The number of anilines is 1. The second-order valence-corrected chi connectivity index (χ2v) is 6.41. The topological polar surface area (TPSA) is 89.8 Å². The van der Waals surface area contributed by atoms with Gasteiger partial charge in [-0.05, 0) is 44.0 Å². The zero-order chi connectivity index (χ0) is 18.6. The predicted molar refractivity (Wildman–Crippen MR) is 105 cm³/mol. The highest BCUT2D eigenvalue weighted by molar-refractivity contribution is 6.11. The van der Waals surface area contributed by atoms with E-state index in [0.717, 1.165) is 44.5 Å². The molecule has 6 heteroatoms. The van der Waals surface area contributed by atoms with Crippen molar-refractivity contribution in [3.05, 3.63) is 53.5 Å². The first-order valence-corrected chi connectivity index (χ1v) is 8.28. The number of benzene rings is 1. The van der Waals surface area contributed by atoms with E-state index in [1.807, 2.05) is 37.5 Å². The molecule has 3 aromatic heterocycles.